The van der Waals surface area contributed by atoms with Crippen LogP contribution >= 0.6 is 0 Å². The van der Waals surface area contributed by atoms with Gasteiger partial charge in [-0.05, 0) is 0 Å². The van der Waals surface area contributed by atoms with E-state index in [4.69, 9.17) is 4.42 Å². The van der Waals surface area contributed by atoms with E-state index in [1.807, 2.05) is 0 Å². The molecule has 0 saturated carbocycles. The van der Waals surface area contributed by atoms with E-state index in [2.05, 4.69) is 9.97 Å². The van der Waals surface area contributed by atoms with E-state index in [1.54, 1.807) is 24.9 Å². The molecule has 2 aromatic rings. The number of nitrogens with zero attached hydrogens (tertiary/aromatic N) is 3. The zero-order valence-electron chi connectivity index (χ0n) is 8.94. The van der Waals surface area contributed by atoms with Gasteiger partial charge in [0, 0.05) is 13.5 Å². The molecule has 0 atom stereocenters. The summed E-state index contributed by atoms with van der Waals surface area (Å²) in [6.45, 7) is 1.75. The van der Waals surface area contributed by atoms with Crippen molar-refractivity contribution in [2.45, 2.75) is 19.8 Å². The Hall–Kier alpha value is -1.72. The van der Waals surface area contributed by atoms with Crippen LogP contribution < -0.4 is 0 Å². The minimum Gasteiger partial charge on any atom is -0.439 e. The zero-order valence-corrected chi connectivity index (χ0v) is 8.94. The monoisotopic (exact) mass is 227 g/mol. The SMILES string of the molecule is CCc1oc(-c2cncn2C)nc1C(F)F. The molecule has 0 aliphatic rings. The van der Waals surface area contributed by atoms with Crippen molar-refractivity contribution >= 4 is 0 Å². The Bertz CT molecular complexity index is 490. The Kier molecular flexibility index (Phi) is 2.72. The van der Waals surface area contributed by atoms with E-state index in [-0.39, 0.29) is 17.3 Å². The first-order chi connectivity index (χ1) is 7.63. The van der Waals surface area contributed by atoms with Crippen LogP contribution in [0.3, 0.4) is 0 Å². The highest BCUT2D eigenvalue weighted by Gasteiger charge is 2.21. The van der Waals surface area contributed by atoms with Gasteiger partial charge in [0.1, 0.15) is 17.1 Å². The Morgan fingerprint density at radius 1 is 1.50 bits per heavy atom. The van der Waals surface area contributed by atoms with Gasteiger partial charge in [-0.25, -0.2) is 18.7 Å². The maximum absolute atomic E-state index is 12.6. The molecule has 86 valence electrons. The van der Waals surface area contributed by atoms with E-state index in [9.17, 15) is 8.78 Å². The van der Waals surface area contributed by atoms with Crippen molar-refractivity contribution in [1.29, 1.82) is 0 Å². The minimum absolute atomic E-state index is 0.187. The van der Waals surface area contributed by atoms with Gasteiger partial charge in [0.15, 0.2) is 0 Å². The third kappa shape index (κ3) is 1.70. The molecule has 0 aromatic carbocycles. The number of aryl methyl sites for hydroxylation is 2. The topological polar surface area (TPSA) is 43.9 Å². The molecule has 0 amide bonds. The van der Waals surface area contributed by atoms with Gasteiger partial charge in [-0.3, -0.25) is 0 Å². The molecule has 0 spiro atoms. The second-order valence-electron chi connectivity index (χ2n) is 3.37. The highest BCUT2D eigenvalue weighted by Crippen LogP contribution is 2.28. The van der Waals surface area contributed by atoms with E-state index < -0.39 is 6.43 Å². The molecular formula is C10H11F2N3O. The van der Waals surface area contributed by atoms with E-state index in [0.717, 1.165) is 0 Å². The predicted octanol–water partition coefficient (Wildman–Crippen LogP) is 2.58. The Morgan fingerprint density at radius 3 is 2.69 bits per heavy atom. The largest absolute Gasteiger partial charge is 0.439 e. The zero-order chi connectivity index (χ0) is 11.7. The van der Waals surface area contributed by atoms with Crippen LogP contribution in [0.4, 0.5) is 8.78 Å². The van der Waals surface area contributed by atoms with Gasteiger partial charge in [-0.1, -0.05) is 6.92 Å². The van der Waals surface area contributed by atoms with E-state index in [0.29, 0.717) is 12.1 Å². The number of halogens is 2. The van der Waals surface area contributed by atoms with Crippen LogP contribution in [0.15, 0.2) is 16.9 Å². The van der Waals surface area contributed by atoms with Gasteiger partial charge >= 0.3 is 0 Å². The highest BCUT2D eigenvalue weighted by molar-refractivity contribution is 5.47. The molecule has 0 saturated heterocycles. The summed E-state index contributed by atoms with van der Waals surface area (Å²) < 4.78 is 32.2. The lowest BCUT2D eigenvalue weighted by molar-refractivity contribution is 0.144. The van der Waals surface area contributed by atoms with Crippen LogP contribution in [0, 0.1) is 0 Å². The van der Waals surface area contributed by atoms with E-state index in [1.165, 1.54) is 6.20 Å². The smallest absolute Gasteiger partial charge is 0.283 e. The fourth-order valence-electron chi connectivity index (χ4n) is 1.46. The van der Waals surface area contributed by atoms with Crippen LogP contribution in [0.25, 0.3) is 11.6 Å². The fraction of sp³-hybridized carbons (Fsp3) is 0.400. The maximum atomic E-state index is 12.6. The molecule has 6 heteroatoms. The molecule has 2 rings (SSSR count). The van der Waals surface area contributed by atoms with Crippen molar-refractivity contribution in [3.8, 4) is 11.6 Å². The minimum atomic E-state index is -2.61. The summed E-state index contributed by atoms with van der Waals surface area (Å²) in [7, 11) is 1.75. The van der Waals surface area contributed by atoms with Crippen LogP contribution in [0.2, 0.25) is 0 Å². The summed E-state index contributed by atoms with van der Waals surface area (Å²) in [6.07, 6.45) is 0.874. The van der Waals surface area contributed by atoms with Crippen molar-refractivity contribution in [3.05, 3.63) is 24.0 Å². The number of aromatic nitrogens is 3. The average Bonchev–Trinajstić information content (AvgIpc) is 2.82. The van der Waals surface area contributed by atoms with E-state index >= 15 is 0 Å². The van der Waals surface area contributed by atoms with Crippen molar-refractivity contribution in [2.75, 3.05) is 0 Å². The number of hydrogen-bond donors (Lipinski definition) is 0. The van der Waals surface area contributed by atoms with Crippen molar-refractivity contribution < 1.29 is 13.2 Å². The summed E-state index contributed by atoms with van der Waals surface area (Å²) in [5, 5.41) is 0. The van der Waals surface area contributed by atoms with Crippen molar-refractivity contribution in [2.24, 2.45) is 7.05 Å². The predicted molar refractivity (Wildman–Crippen MR) is 53.0 cm³/mol. The van der Waals surface area contributed by atoms with Gasteiger partial charge in [-0.2, -0.15) is 0 Å². The van der Waals surface area contributed by atoms with Crippen molar-refractivity contribution in [1.82, 2.24) is 14.5 Å². The molecule has 0 bridgehead atoms. The summed E-state index contributed by atoms with van der Waals surface area (Å²) in [5.41, 5.74) is 0.306. The van der Waals surface area contributed by atoms with Gasteiger partial charge in [-0.15, -0.1) is 0 Å². The molecule has 0 aliphatic carbocycles. The molecule has 0 aliphatic heterocycles. The van der Waals surface area contributed by atoms with Gasteiger partial charge < -0.3 is 8.98 Å². The highest BCUT2D eigenvalue weighted by atomic mass is 19.3. The molecule has 0 radical (unpaired) electrons. The van der Waals surface area contributed by atoms with Crippen LogP contribution in [-0.2, 0) is 13.5 Å². The Morgan fingerprint density at radius 2 is 2.25 bits per heavy atom. The third-order valence-corrected chi connectivity index (χ3v) is 2.29. The molecule has 16 heavy (non-hydrogen) atoms. The first kappa shape index (κ1) is 10.8. The summed E-state index contributed by atoms with van der Waals surface area (Å²) in [6, 6.07) is 0. The maximum Gasteiger partial charge on any atom is 0.283 e. The lowest BCUT2D eigenvalue weighted by Gasteiger charge is -1.94. The van der Waals surface area contributed by atoms with Crippen LogP contribution in [0.1, 0.15) is 24.8 Å². The number of rotatable bonds is 3. The number of oxazole rings is 1. The van der Waals surface area contributed by atoms with Gasteiger partial charge in [0.25, 0.3) is 6.43 Å². The molecular weight excluding hydrogens is 216 g/mol. The number of hydrogen-bond acceptors (Lipinski definition) is 3. The molecule has 4 nitrogen and oxygen atoms in total. The second kappa shape index (κ2) is 4.03. The molecule has 0 N–H and O–H groups in total. The van der Waals surface area contributed by atoms with Gasteiger partial charge in [0.05, 0.1) is 12.5 Å². The molecule has 2 heterocycles. The first-order valence-electron chi connectivity index (χ1n) is 4.88. The summed E-state index contributed by atoms with van der Waals surface area (Å²) >= 11 is 0. The van der Waals surface area contributed by atoms with Crippen molar-refractivity contribution in [3.63, 3.8) is 0 Å². The normalized spacial score (nSPS) is 11.3. The molecule has 0 fully saturated rings. The summed E-state index contributed by atoms with van der Waals surface area (Å²) in [4.78, 5) is 7.69. The average molecular weight is 227 g/mol. The lowest BCUT2D eigenvalue weighted by Crippen LogP contribution is -1.91. The Balaban J connectivity index is 2.48. The third-order valence-electron chi connectivity index (χ3n) is 2.29. The molecule has 2 aromatic heterocycles. The van der Waals surface area contributed by atoms with Crippen LogP contribution in [0.5, 0.6) is 0 Å². The lowest BCUT2D eigenvalue weighted by atomic mass is 10.3. The number of alkyl halides is 2. The molecule has 0 unspecified atom stereocenters. The Labute approximate surface area is 90.9 Å². The summed E-state index contributed by atoms with van der Waals surface area (Å²) in [5.74, 6) is 0.415. The first-order valence-corrected chi connectivity index (χ1v) is 4.88. The fourth-order valence-corrected chi connectivity index (χ4v) is 1.46. The van der Waals surface area contributed by atoms with Crippen LogP contribution in [-0.4, -0.2) is 14.5 Å². The number of imidazole rings is 1. The van der Waals surface area contributed by atoms with Gasteiger partial charge in [0.2, 0.25) is 5.89 Å². The quantitative estimate of drug-likeness (QED) is 0.809. The standard InChI is InChI=1S/C10H11F2N3O/c1-3-7-8(9(11)12)14-10(16-7)6-4-13-5-15(6)2/h4-5,9H,3H2,1-2H3. The second-order valence-corrected chi connectivity index (χ2v) is 3.37.